The molecule has 0 aliphatic carbocycles. The minimum absolute atomic E-state index is 0.164. The van der Waals surface area contributed by atoms with E-state index in [0.717, 1.165) is 44.6 Å². The fraction of sp³-hybridized carbons (Fsp3) is 0.136. The molecule has 26 heavy (non-hydrogen) atoms. The van der Waals surface area contributed by atoms with Gasteiger partial charge in [-0.2, -0.15) is 0 Å². The van der Waals surface area contributed by atoms with Crippen molar-refractivity contribution >= 4 is 34.0 Å². The van der Waals surface area contributed by atoms with Crippen molar-refractivity contribution in [2.45, 2.75) is 5.92 Å². The highest BCUT2D eigenvalue weighted by molar-refractivity contribution is 8.00. The number of rotatable bonds is 1. The highest BCUT2D eigenvalue weighted by Gasteiger charge is 2.36. The van der Waals surface area contributed by atoms with Crippen molar-refractivity contribution in [2.75, 3.05) is 16.8 Å². The number of thioether (sulfide) groups is 1. The Balaban J connectivity index is 1.83. The molecule has 2 heterocycles. The van der Waals surface area contributed by atoms with Crippen LogP contribution in [0.2, 0.25) is 0 Å². The maximum absolute atomic E-state index is 13.5. The number of Topliss-reactive ketones (excluding diaryl/α,β-unsaturated/α-hetero) is 1. The molecule has 2 aliphatic heterocycles. The number of fused-ring (bicyclic) bond motifs is 3. The van der Waals surface area contributed by atoms with Crippen LogP contribution < -0.4 is 5.32 Å². The van der Waals surface area contributed by atoms with Gasteiger partial charge < -0.3 is 5.32 Å². The fourth-order valence-electron chi connectivity index (χ4n) is 4.02. The van der Waals surface area contributed by atoms with Crippen LogP contribution in [0.25, 0.3) is 10.8 Å². The molecule has 0 aromatic heterocycles. The summed E-state index contributed by atoms with van der Waals surface area (Å²) in [5.41, 5.74) is 4.92. The molecule has 2 nitrogen and oxygen atoms in total. The molecule has 4 heteroatoms. The molecule has 2 aliphatic rings. The van der Waals surface area contributed by atoms with Crippen molar-refractivity contribution in [1.29, 1.82) is 0 Å². The lowest BCUT2D eigenvalue weighted by molar-refractivity contribution is -0.113. The Morgan fingerprint density at radius 1 is 0.962 bits per heavy atom. The topological polar surface area (TPSA) is 29.1 Å². The maximum Gasteiger partial charge on any atom is 0.171 e. The van der Waals surface area contributed by atoms with Gasteiger partial charge in [0, 0.05) is 28.6 Å². The minimum Gasteiger partial charge on any atom is -0.358 e. The molecule has 0 fully saturated rings. The molecule has 5 rings (SSSR count). The first kappa shape index (κ1) is 15.6. The first-order valence-corrected chi connectivity index (χ1v) is 9.76. The molecule has 0 spiro atoms. The number of carbonyl (C=O) groups excluding carboxylic acids is 1. The van der Waals surface area contributed by atoms with E-state index >= 15 is 0 Å². The second kappa shape index (κ2) is 5.99. The van der Waals surface area contributed by atoms with Gasteiger partial charge in [-0.25, -0.2) is 4.39 Å². The van der Waals surface area contributed by atoms with Gasteiger partial charge in [0.25, 0.3) is 0 Å². The van der Waals surface area contributed by atoms with Crippen LogP contribution in [0.3, 0.4) is 0 Å². The number of halogens is 1. The zero-order chi connectivity index (χ0) is 17.7. The predicted octanol–water partition coefficient (Wildman–Crippen LogP) is 5.11. The van der Waals surface area contributed by atoms with E-state index in [9.17, 15) is 9.18 Å². The van der Waals surface area contributed by atoms with Crippen LogP contribution in [0, 0.1) is 5.82 Å². The summed E-state index contributed by atoms with van der Waals surface area (Å²) in [7, 11) is 0. The van der Waals surface area contributed by atoms with E-state index in [1.165, 1.54) is 12.1 Å². The van der Waals surface area contributed by atoms with Crippen molar-refractivity contribution in [3.8, 4) is 0 Å². The third-order valence-electron chi connectivity index (χ3n) is 5.14. The predicted molar refractivity (Wildman–Crippen MR) is 105 cm³/mol. The van der Waals surface area contributed by atoms with Gasteiger partial charge in [0.1, 0.15) is 5.82 Å². The van der Waals surface area contributed by atoms with E-state index in [1.807, 2.05) is 12.1 Å². The summed E-state index contributed by atoms with van der Waals surface area (Å²) in [6, 6.07) is 19.0. The summed E-state index contributed by atoms with van der Waals surface area (Å²) in [6.45, 7) is 0. The van der Waals surface area contributed by atoms with Gasteiger partial charge >= 0.3 is 0 Å². The van der Waals surface area contributed by atoms with Crippen LogP contribution in [-0.4, -0.2) is 17.3 Å². The molecule has 0 saturated carbocycles. The molecule has 3 aromatic carbocycles. The monoisotopic (exact) mass is 361 g/mol. The largest absolute Gasteiger partial charge is 0.358 e. The molecular weight excluding hydrogens is 345 g/mol. The van der Waals surface area contributed by atoms with Crippen molar-refractivity contribution in [1.82, 2.24) is 0 Å². The third kappa shape index (κ3) is 2.36. The summed E-state index contributed by atoms with van der Waals surface area (Å²) < 4.78 is 13.5. The first-order valence-electron chi connectivity index (χ1n) is 8.60. The van der Waals surface area contributed by atoms with Gasteiger partial charge in [0.2, 0.25) is 0 Å². The van der Waals surface area contributed by atoms with Crippen molar-refractivity contribution in [3.05, 3.63) is 88.9 Å². The number of allylic oxidation sites excluding steroid dienone is 1. The lowest BCUT2D eigenvalue weighted by Gasteiger charge is -2.34. The molecule has 0 bridgehead atoms. The summed E-state index contributed by atoms with van der Waals surface area (Å²) in [5.74, 6) is 1.03. The minimum atomic E-state index is -0.263. The Bertz CT molecular complexity index is 1070. The number of nitrogens with one attached hydrogen (secondary N) is 1. The summed E-state index contributed by atoms with van der Waals surface area (Å²) in [4.78, 5) is 12.8. The number of anilines is 1. The van der Waals surface area contributed by atoms with Crippen LogP contribution >= 0.6 is 11.8 Å². The first-order chi connectivity index (χ1) is 12.7. The average Bonchev–Trinajstić information content (AvgIpc) is 2.67. The Hall–Kier alpha value is -2.59. The lowest BCUT2D eigenvalue weighted by atomic mass is 9.77. The van der Waals surface area contributed by atoms with Gasteiger partial charge in [-0.05, 0) is 40.1 Å². The molecule has 1 N–H and O–H groups in total. The summed E-state index contributed by atoms with van der Waals surface area (Å²) in [6.07, 6.45) is 0. The molecule has 0 radical (unpaired) electrons. The smallest absolute Gasteiger partial charge is 0.171 e. The number of carbonyl (C=O) groups is 1. The van der Waals surface area contributed by atoms with E-state index in [-0.39, 0.29) is 17.5 Å². The normalized spacial score (nSPS) is 19.1. The number of hydrogen-bond acceptors (Lipinski definition) is 3. The summed E-state index contributed by atoms with van der Waals surface area (Å²) >= 11 is 1.64. The molecule has 1 unspecified atom stereocenters. The number of hydrogen-bond donors (Lipinski definition) is 1. The van der Waals surface area contributed by atoms with E-state index in [1.54, 1.807) is 23.9 Å². The van der Waals surface area contributed by atoms with Crippen LogP contribution in [-0.2, 0) is 4.79 Å². The zero-order valence-corrected chi connectivity index (χ0v) is 14.8. The second-order valence-corrected chi connectivity index (χ2v) is 7.65. The van der Waals surface area contributed by atoms with Gasteiger partial charge in [-0.3, -0.25) is 4.79 Å². The van der Waals surface area contributed by atoms with E-state index < -0.39 is 0 Å². The molecule has 0 amide bonds. The van der Waals surface area contributed by atoms with Crippen molar-refractivity contribution in [3.63, 3.8) is 0 Å². The van der Waals surface area contributed by atoms with Crippen LogP contribution in [0.1, 0.15) is 17.0 Å². The van der Waals surface area contributed by atoms with Crippen molar-refractivity contribution in [2.24, 2.45) is 0 Å². The number of ketones is 1. The average molecular weight is 361 g/mol. The Kier molecular flexibility index (Phi) is 3.61. The van der Waals surface area contributed by atoms with Gasteiger partial charge in [-0.15, -0.1) is 11.8 Å². The fourth-order valence-corrected chi connectivity index (χ4v) is 4.89. The van der Waals surface area contributed by atoms with Crippen LogP contribution in [0.15, 0.2) is 71.9 Å². The quantitative estimate of drug-likeness (QED) is 0.653. The number of benzene rings is 3. The highest BCUT2D eigenvalue weighted by Crippen LogP contribution is 2.47. The molecule has 0 saturated heterocycles. The van der Waals surface area contributed by atoms with Gasteiger partial charge in [0.05, 0.1) is 5.75 Å². The van der Waals surface area contributed by atoms with Gasteiger partial charge in [0.15, 0.2) is 5.78 Å². The van der Waals surface area contributed by atoms with Gasteiger partial charge in [-0.1, -0.05) is 42.5 Å². The third-order valence-corrected chi connectivity index (χ3v) is 6.10. The van der Waals surface area contributed by atoms with E-state index in [4.69, 9.17) is 0 Å². The summed E-state index contributed by atoms with van der Waals surface area (Å²) in [5, 5.41) is 5.77. The lowest BCUT2D eigenvalue weighted by Crippen LogP contribution is -2.29. The standard InChI is InChI=1S/C22H16FNOS/c23-15-8-5-14(6-9-15)20-21-16-4-2-1-3-13(16)7-10-17(21)24-18-11-26-12-19(25)22(18)20/h1-10,20,24H,11-12H2. The van der Waals surface area contributed by atoms with Crippen LogP contribution in [0.5, 0.6) is 0 Å². The molecule has 1 atom stereocenters. The SMILES string of the molecule is O=C1CSCC2=C1C(c1ccc(F)cc1)c1c(ccc3ccccc13)N2. The van der Waals surface area contributed by atoms with Crippen LogP contribution in [0.4, 0.5) is 10.1 Å². The van der Waals surface area contributed by atoms with E-state index in [0.29, 0.717) is 5.75 Å². The Labute approximate surface area is 155 Å². The second-order valence-electron chi connectivity index (χ2n) is 6.67. The molecule has 128 valence electrons. The van der Waals surface area contributed by atoms with Crippen molar-refractivity contribution < 1.29 is 9.18 Å². The zero-order valence-electron chi connectivity index (χ0n) is 14.0. The Morgan fingerprint density at radius 2 is 1.77 bits per heavy atom. The molecular formula is C22H16FNOS. The van der Waals surface area contributed by atoms with E-state index in [2.05, 4.69) is 29.6 Å². The maximum atomic E-state index is 13.5. The highest BCUT2D eigenvalue weighted by atomic mass is 32.2. The Morgan fingerprint density at radius 3 is 2.62 bits per heavy atom. The molecule has 3 aromatic rings.